The number of rotatable bonds is 2. The molecule has 1 unspecified atom stereocenters. The van der Waals surface area contributed by atoms with E-state index in [2.05, 4.69) is 4.98 Å². The molecule has 0 bridgehead atoms. The van der Waals surface area contributed by atoms with Crippen LogP contribution in [0, 0.1) is 0 Å². The Hall–Kier alpha value is -2.11. The molecular weight excluding hydrogens is 234 g/mol. The molecule has 1 aromatic rings. The molecule has 1 aliphatic rings. The van der Waals surface area contributed by atoms with E-state index in [0.29, 0.717) is 24.2 Å². The lowest BCUT2D eigenvalue weighted by atomic mass is 10.0. The summed E-state index contributed by atoms with van der Waals surface area (Å²) in [5, 5.41) is 9.12. The molecule has 1 aliphatic heterocycles. The van der Waals surface area contributed by atoms with Crippen LogP contribution in [-0.2, 0) is 4.79 Å². The van der Waals surface area contributed by atoms with Crippen molar-refractivity contribution in [3.05, 3.63) is 24.0 Å². The molecule has 0 saturated carbocycles. The number of carboxylic acids is 1. The van der Waals surface area contributed by atoms with E-state index >= 15 is 0 Å². The van der Waals surface area contributed by atoms with Gasteiger partial charge >= 0.3 is 5.97 Å². The normalized spacial score (nSPS) is 19.6. The number of pyridine rings is 1. The van der Waals surface area contributed by atoms with E-state index in [1.165, 1.54) is 23.4 Å². The maximum atomic E-state index is 12.2. The van der Waals surface area contributed by atoms with Gasteiger partial charge in [-0.25, -0.2) is 4.79 Å². The molecule has 0 aliphatic carbocycles. The van der Waals surface area contributed by atoms with Crippen LogP contribution in [0.1, 0.15) is 29.6 Å². The van der Waals surface area contributed by atoms with Gasteiger partial charge in [0.05, 0.1) is 11.3 Å². The van der Waals surface area contributed by atoms with Gasteiger partial charge in [0.2, 0.25) is 0 Å². The standard InChI is InChI=1S/C12H15N3O3/c13-9-5-8(6-14-7-9)11(16)15-4-2-1-3-10(15)12(17)18/h5-7,10H,1-4,13H2,(H,17,18). The molecule has 6 nitrogen and oxygen atoms in total. The molecule has 18 heavy (non-hydrogen) atoms. The number of amides is 1. The van der Waals surface area contributed by atoms with Gasteiger partial charge in [-0.05, 0) is 25.3 Å². The SMILES string of the molecule is Nc1cncc(C(=O)N2CCCCC2C(=O)O)c1. The minimum Gasteiger partial charge on any atom is -0.480 e. The van der Waals surface area contributed by atoms with E-state index in [4.69, 9.17) is 10.8 Å². The largest absolute Gasteiger partial charge is 0.480 e. The van der Waals surface area contributed by atoms with Gasteiger partial charge in [0, 0.05) is 18.9 Å². The van der Waals surface area contributed by atoms with Crippen LogP contribution in [0.5, 0.6) is 0 Å². The summed E-state index contributed by atoms with van der Waals surface area (Å²) in [5.74, 6) is -1.28. The average Bonchev–Trinajstić information content (AvgIpc) is 2.38. The maximum absolute atomic E-state index is 12.2. The van der Waals surface area contributed by atoms with Gasteiger partial charge in [-0.2, -0.15) is 0 Å². The van der Waals surface area contributed by atoms with E-state index in [-0.39, 0.29) is 5.91 Å². The number of anilines is 1. The zero-order valence-corrected chi connectivity index (χ0v) is 9.87. The molecule has 0 spiro atoms. The van der Waals surface area contributed by atoms with Crippen molar-refractivity contribution in [3.8, 4) is 0 Å². The predicted molar refractivity (Wildman–Crippen MR) is 65.0 cm³/mol. The van der Waals surface area contributed by atoms with Crippen LogP contribution in [0.2, 0.25) is 0 Å². The summed E-state index contributed by atoms with van der Waals surface area (Å²) in [7, 11) is 0. The lowest BCUT2D eigenvalue weighted by Crippen LogP contribution is -2.48. The van der Waals surface area contributed by atoms with E-state index < -0.39 is 12.0 Å². The third kappa shape index (κ3) is 2.42. The van der Waals surface area contributed by atoms with E-state index in [1.54, 1.807) is 0 Å². The van der Waals surface area contributed by atoms with Crippen molar-refractivity contribution in [1.82, 2.24) is 9.88 Å². The molecule has 2 rings (SSSR count). The second-order valence-electron chi connectivity index (χ2n) is 4.36. The molecule has 0 aromatic carbocycles. The van der Waals surface area contributed by atoms with Gasteiger partial charge in [0.25, 0.3) is 5.91 Å². The van der Waals surface area contributed by atoms with Crippen molar-refractivity contribution in [2.24, 2.45) is 0 Å². The van der Waals surface area contributed by atoms with Gasteiger partial charge in [-0.1, -0.05) is 0 Å². The first kappa shape index (κ1) is 12.3. The van der Waals surface area contributed by atoms with Crippen molar-refractivity contribution < 1.29 is 14.7 Å². The van der Waals surface area contributed by atoms with Crippen LogP contribution in [0.3, 0.4) is 0 Å². The molecular formula is C12H15N3O3. The number of nitrogens with zero attached hydrogens (tertiary/aromatic N) is 2. The minimum atomic E-state index is -0.958. The lowest BCUT2D eigenvalue weighted by molar-refractivity contribution is -0.143. The van der Waals surface area contributed by atoms with Crippen LogP contribution in [0.4, 0.5) is 5.69 Å². The number of hydrogen-bond donors (Lipinski definition) is 2. The highest BCUT2D eigenvalue weighted by atomic mass is 16.4. The van der Waals surface area contributed by atoms with Crippen molar-refractivity contribution >= 4 is 17.6 Å². The maximum Gasteiger partial charge on any atom is 0.326 e. The number of aliphatic carboxylic acids is 1. The molecule has 0 radical (unpaired) electrons. The third-order valence-electron chi connectivity index (χ3n) is 3.06. The molecule has 1 fully saturated rings. The molecule has 1 aromatic heterocycles. The van der Waals surface area contributed by atoms with E-state index in [9.17, 15) is 9.59 Å². The molecule has 1 saturated heterocycles. The predicted octanol–water partition coefficient (Wildman–Crippen LogP) is 0.743. The summed E-state index contributed by atoms with van der Waals surface area (Å²) in [6, 6.07) is 0.774. The quantitative estimate of drug-likeness (QED) is 0.805. The Bertz CT molecular complexity index is 475. The minimum absolute atomic E-state index is 0.318. The number of nitrogen functional groups attached to an aromatic ring is 1. The fourth-order valence-electron chi connectivity index (χ4n) is 2.17. The summed E-state index contributed by atoms with van der Waals surface area (Å²) >= 11 is 0. The third-order valence-corrected chi connectivity index (χ3v) is 3.06. The van der Waals surface area contributed by atoms with Crippen LogP contribution >= 0.6 is 0 Å². The Kier molecular flexibility index (Phi) is 3.45. The summed E-state index contributed by atoms with van der Waals surface area (Å²) in [6.45, 7) is 0.463. The van der Waals surface area contributed by atoms with Gasteiger partial charge in [0.15, 0.2) is 0 Å². The highest BCUT2D eigenvalue weighted by Crippen LogP contribution is 2.20. The first-order valence-electron chi connectivity index (χ1n) is 5.84. The topological polar surface area (TPSA) is 96.5 Å². The number of likely N-dealkylation sites (tertiary alicyclic amines) is 1. The number of nitrogens with two attached hydrogens (primary N) is 1. The molecule has 1 atom stereocenters. The Morgan fingerprint density at radius 3 is 2.83 bits per heavy atom. The van der Waals surface area contributed by atoms with Crippen LogP contribution in [0.15, 0.2) is 18.5 Å². The molecule has 96 valence electrons. The average molecular weight is 249 g/mol. The zero-order valence-electron chi connectivity index (χ0n) is 9.87. The second kappa shape index (κ2) is 5.03. The zero-order chi connectivity index (χ0) is 13.1. The van der Waals surface area contributed by atoms with Gasteiger partial charge < -0.3 is 15.7 Å². The summed E-state index contributed by atoms with van der Waals surface area (Å²) in [4.78, 5) is 28.6. The van der Waals surface area contributed by atoms with Crippen LogP contribution in [0.25, 0.3) is 0 Å². The van der Waals surface area contributed by atoms with E-state index in [1.807, 2.05) is 0 Å². The summed E-state index contributed by atoms with van der Waals surface area (Å²) in [6.07, 6.45) is 5.01. The Morgan fingerprint density at radius 2 is 2.17 bits per heavy atom. The first-order valence-corrected chi connectivity index (χ1v) is 5.84. The molecule has 3 N–H and O–H groups in total. The Labute approximate surface area is 104 Å². The fourth-order valence-corrected chi connectivity index (χ4v) is 2.17. The number of carboxylic acid groups (broad SMARTS) is 1. The Morgan fingerprint density at radius 1 is 1.39 bits per heavy atom. The molecule has 6 heteroatoms. The highest BCUT2D eigenvalue weighted by molar-refractivity contribution is 5.97. The van der Waals surface area contributed by atoms with Crippen molar-refractivity contribution in [2.75, 3.05) is 12.3 Å². The second-order valence-corrected chi connectivity index (χ2v) is 4.36. The van der Waals surface area contributed by atoms with Gasteiger partial charge in [-0.3, -0.25) is 9.78 Å². The number of piperidine rings is 1. The number of hydrogen-bond acceptors (Lipinski definition) is 4. The monoisotopic (exact) mass is 249 g/mol. The van der Waals surface area contributed by atoms with Crippen molar-refractivity contribution in [3.63, 3.8) is 0 Å². The van der Waals surface area contributed by atoms with Gasteiger partial charge in [0.1, 0.15) is 6.04 Å². The van der Waals surface area contributed by atoms with Crippen molar-refractivity contribution in [2.45, 2.75) is 25.3 Å². The number of carbonyl (C=O) groups is 2. The summed E-state index contributed by atoms with van der Waals surface area (Å²) < 4.78 is 0. The molecule has 1 amide bonds. The molecule has 2 heterocycles. The Balaban J connectivity index is 2.23. The summed E-state index contributed by atoms with van der Waals surface area (Å²) in [5.41, 5.74) is 6.30. The highest BCUT2D eigenvalue weighted by Gasteiger charge is 2.32. The first-order chi connectivity index (χ1) is 8.59. The fraction of sp³-hybridized carbons (Fsp3) is 0.417. The lowest BCUT2D eigenvalue weighted by Gasteiger charge is -2.32. The smallest absolute Gasteiger partial charge is 0.326 e. The van der Waals surface area contributed by atoms with Gasteiger partial charge in [-0.15, -0.1) is 0 Å². The van der Waals surface area contributed by atoms with Crippen molar-refractivity contribution in [1.29, 1.82) is 0 Å². The van der Waals surface area contributed by atoms with Crippen LogP contribution in [-0.4, -0.2) is 39.5 Å². The van der Waals surface area contributed by atoms with E-state index in [0.717, 1.165) is 12.8 Å². The number of aromatic nitrogens is 1. The number of carbonyl (C=O) groups excluding carboxylic acids is 1. The van der Waals surface area contributed by atoms with Crippen LogP contribution < -0.4 is 5.73 Å².